The molecule has 208 valence electrons. The molecule has 4 heterocycles. The molecular formula is C29H24ClFN6O4. The maximum absolute atomic E-state index is 15.1. The normalized spacial score (nSPS) is 17.6. The third kappa shape index (κ3) is 5.23. The van der Waals surface area contributed by atoms with Gasteiger partial charge in [-0.25, -0.2) is 9.18 Å². The number of carbonyl (C=O) groups is 2. The van der Waals surface area contributed by atoms with Crippen molar-refractivity contribution in [3.05, 3.63) is 117 Å². The molecule has 2 amide bonds. The molecule has 2 aliphatic heterocycles. The predicted molar refractivity (Wildman–Crippen MR) is 149 cm³/mol. The number of rotatable bonds is 6. The molecule has 0 bridgehead atoms. The second kappa shape index (κ2) is 10.7. The van der Waals surface area contributed by atoms with E-state index >= 15 is 4.39 Å². The fourth-order valence-electron chi connectivity index (χ4n) is 5.20. The molecule has 0 unspecified atom stereocenters. The number of aromatic nitrogens is 3. The summed E-state index contributed by atoms with van der Waals surface area (Å²) in [5, 5.41) is 13.5. The van der Waals surface area contributed by atoms with Crippen molar-refractivity contribution in [3.63, 3.8) is 0 Å². The Hall–Kier alpha value is -4.77. The molecule has 1 saturated heterocycles. The van der Waals surface area contributed by atoms with Gasteiger partial charge in [0.05, 0.1) is 41.1 Å². The van der Waals surface area contributed by atoms with Crippen LogP contribution in [-0.4, -0.2) is 39.9 Å². The number of carbonyl (C=O) groups excluding carboxylic acids is 2. The number of ether oxygens (including phenoxy) is 1. The molecule has 6 rings (SSSR count). The lowest BCUT2D eigenvalue weighted by molar-refractivity contribution is 0.0263. The fraction of sp³-hybridized carbons (Fsp3) is 0.207. The summed E-state index contributed by atoms with van der Waals surface area (Å²) in [7, 11) is 0. The van der Waals surface area contributed by atoms with E-state index in [4.69, 9.17) is 16.3 Å². The van der Waals surface area contributed by atoms with Gasteiger partial charge in [0.15, 0.2) is 17.2 Å². The first-order chi connectivity index (χ1) is 19.8. The summed E-state index contributed by atoms with van der Waals surface area (Å²) in [6, 6.07) is 17.2. The lowest BCUT2D eigenvalue weighted by Gasteiger charge is -2.35. The fourth-order valence-corrected chi connectivity index (χ4v) is 5.36. The molecular weight excluding hydrogens is 551 g/mol. The monoisotopic (exact) mass is 574 g/mol. The molecule has 0 radical (unpaired) electrons. The van der Waals surface area contributed by atoms with Gasteiger partial charge in [-0.15, -0.1) is 5.10 Å². The molecule has 12 heteroatoms. The van der Waals surface area contributed by atoms with Crippen LogP contribution in [0.15, 0.2) is 77.9 Å². The Morgan fingerprint density at radius 1 is 1.12 bits per heavy atom. The number of nitrogens with zero attached hydrogens (tertiary/aromatic N) is 4. The highest BCUT2D eigenvalue weighted by Gasteiger charge is 2.50. The van der Waals surface area contributed by atoms with Crippen LogP contribution in [0.2, 0.25) is 5.02 Å². The maximum atomic E-state index is 15.1. The summed E-state index contributed by atoms with van der Waals surface area (Å²) in [5.74, 6) is -0.590. The highest BCUT2D eigenvalue weighted by molar-refractivity contribution is 6.31. The van der Waals surface area contributed by atoms with E-state index in [1.165, 1.54) is 18.3 Å². The minimum atomic E-state index is -1.26. The summed E-state index contributed by atoms with van der Waals surface area (Å²) in [6.45, 7) is 1.25. The van der Waals surface area contributed by atoms with Crippen molar-refractivity contribution in [1.82, 2.24) is 20.1 Å². The van der Waals surface area contributed by atoms with E-state index in [0.717, 1.165) is 11.1 Å². The Morgan fingerprint density at radius 2 is 1.93 bits per heavy atom. The van der Waals surface area contributed by atoms with Gasteiger partial charge < -0.3 is 19.5 Å². The van der Waals surface area contributed by atoms with Crippen LogP contribution in [0.3, 0.4) is 0 Å². The minimum Gasteiger partial charge on any atom is -0.436 e. The Labute approximate surface area is 238 Å². The van der Waals surface area contributed by atoms with Gasteiger partial charge in [0.1, 0.15) is 0 Å². The Kier molecular flexibility index (Phi) is 6.88. The lowest BCUT2D eigenvalue weighted by Crippen LogP contribution is -2.42. The van der Waals surface area contributed by atoms with Crippen LogP contribution < -0.4 is 21.1 Å². The summed E-state index contributed by atoms with van der Waals surface area (Å²) < 4.78 is 22.3. The van der Waals surface area contributed by atoms with E-state index < -0.39 is 17.5 Å². The van der Waals surface area contributed by atoms with Crippen LogP contribution in [-0.2, 0) is 23.4 Å². The quantitative estimate of drug-likeness (QED) is 0.356. The largest absolute Gasteiger partial charge is 0.436 e. The molecule has 2 N–H and O–H groups in total. The third-order valence-corrected chi connectivity index (χ3v) is 7.55. The smallest absolute Gasteiger partial charge is 0.412 e. The molecule has 1 fully saturated rings. The number of hydrogen-bond acceptors (Lipinski definition) is 7. The molecule has 1 atom stereocenters. The SMILES string of the molecule is O=C1Nc2ccc(Cl)c(F)c2[C@]2(CCN(c3cc(C(=O)NCc4ccc(Cn5ccccc5=O)cc4)cnn3)C2)O1. The highest BCUT2D eigenvalue weighted by Crippen LogP contribution is 2.46. The van der Waals surface area contributed by atoms with Crippen LogP contribution in [0.4, 0.5) is 20.7 Å². The first-order valence-corrected chi connectivity index (χ1v) is 13.3. The molecule has 2 aliphatic rings. The highest BCUT2D eigenvalue weighted by atomic mass is 35.5. The van der Waals surface area contributed by atoms with Gasteiger partial charge in [0, 0.05) is 31.8 Å². The van der Waals surface area contributed by atoms with Crippen LogP contribution in [0.5, 0.6) is 0 Å². The van der Waals surface area contributed by atoms with Gasteiger partial charge in [-0.2, -0.15) is 5.10 Å². The molecule has 0 aliphatic carbocycles. The van der Waals surface area contributed by atoms with Gasteiger partial charge in [-0.1, -0.05) is 41.9 Å². The van der Waals surface area contributed by atoms with E-state index in [9.17, 15) is 14.4 Å². The number of nitrogens with one attached hydrogen (secondary N) is 2. The zero-order chi connectivity index (χ0) is 28.6. The molecule has 41 heavy (non-hydrogen) atoms. The van der Waals surface area contributed by atoms with E-state index in [1.54, 1.807) is 33.9 Å². The van der Waals surface area contributed by atoms with Crippen LogP contribution in [0.1, 0.15) is 33.5 Å². The maximum Gasteiger partial charge on any atom is 0.412 e. The average Bonchev–Trinajstić information content (AvgIpc) is 3.39. The van der Waals surface area contributed by atoms with Gasteiger partial charge in [-0.3, -0.25) is 14.9 Å². The van der Waals surface area contributed by atoms with Crippen LogP contribution >= 0.6 is 11.6 Å². The Morgan fingerprint density at radius 3 is 2.73 bits per heavy atom. The summed E-state index contributed by atoms with van der Waals surface area (Å²) in [6.07, 6.45) is 2.73. The Balaban J connectivity index is 1.12. The summed E-state index contributed by atoms with van der Waals surface area (Å²) in [5.41, 5.74) is 1.32. The third-order valence-electron chi connectivity index (χ3n) is 7.26. The van der Waals surface area contributed by atoms with E-state index in [-0.39, 0.29) is 35.1 Å². The molecule has 10 nitrogen and oxygen atoms in total. The lowest BCUT2D eigenvalue weighted by atomic mass is 9.89. The van der Waals surface area contributed by atoms with E-state index in [0.29, 0.717) is 36.6 Å². The first kappa shape index (κ1) is 26.5. The number of halogens is 2. The van der Waals surface area contributed by atoms with Gasteiger partial charge in [0.25, 0.3) is 11.5 Å². The molecule has 2 aromatic carbocycles. The van der Waals surface area contributed by atoms with Crippen molar-refractivity contribution in [2.45, 2.75) is 25.1 Å². The van der Waals surface area contributed by atoms with E-state index in [2.05, 4.69) is 20.8 Å². The number of benzene rings is 2. The van der Waals surface area contributed by atoms with E-state index in [1.807, 2.05) is 30.3 Å². The predicted octanol–water partition coefficient (Wildman–Crippen LogP) is 4.08. The van der Waals surface area contributed by atoms with Gasteiger partial charge in [-0.05, 0) is 35.4 Å². The zero-order valence-electron chi connectivity index (χ0n) is 21.6. The number of fused-ring (bicyclic) bond motifs is 2. The second-order valence-electron chi connectivity index (χ2n) is 9.93. The van der Waals surface area contributed by atoms with Crippen molar-refractivity contribution in [2.24, 2.45) is 0 Å². The Bertz CT molecular complexity index is 1710. The number of hydrogen-bond donors (Lipinski definition) is 2. The van der Waals surface area contributed by atoms with Crippen LogP contribution in [0.25, 0.3) is 0 Å². The average molecular weight is 575 g/mol. The molecule has 4 aromatic rings. The van der Waals surface area contributed by atoms with Crippen molar-refractivity contribution in [3.8, 4) is 0 Å². The van der Waals surface area contributed by atoms with Crippen molar-refractivity contribution in [1.29, 1.82) is 0 Å². The molecule has 1 spiro atoms. The first-order valence-electron chi connectivity index (χ1n) is 12.9. The zero-order valence-corrected chi connectivity index (χ0v) is 22.4. The topological polar surface area (TPSA) is 118 Å². The molecule has 2 aromatic heterocycles. The van der Waals surface area contributed by atoms with Crippen molar-refractivity contribution in [2.75, 3.05) is 23.3 Å². The van der Waals surface area contributed by atoms with Gasteiger partial charge in [0.2, 0.25) is 0 Å². The summed E-state index contributed by atoms with van der Waals surface area (Å²) >= 11 is 6.04. The second-order valence-corrected chi connectivity index (χ2v) is 10.3. The van der Waals surface area contributed by atoms with Crippen molar-refractivity contribution < 1.29 is 18.7 Å². The van der Waals surface area contributed by atoms with Gasteiger partial charge >= 0.3 is 6.09 Å². The standard InChI is InChI=1S/C29H24ClFN6O4/c30-21-8-9-22-25(26(21)31)29(41-28(40)34-22)10-12-37(17-29)23-13-20(15-33-35-23)27(39)32-14-18-4-6-19(7-5-18)16-36-11-2-1-3-24(36)38/h1-9,11,13,15H,10,12,14,16-17H2,(H,32,39)(H,34,40)/t29-/m1/s1. The van der Waals surface area contributed by atoms with Crippen LogP contribution in [0, 0.1) is 5.82 Å². The molecule has 0 saturated carbocycles. The minimum absolute atomic E-state index is 0.0684. The summed E-state index contributed by atoms with van der Waals surface area (Å²) in [4.78, 5) is 38.9. The number of pyridine rings is 1. The number of anilines is 2. The van der Waals surface area contributed by atoms with Crippen molar-refractivity contribution >= 4 is 35.1 Å². The number of amides is 2.